The fraction of sp³-hybridized carbons (Fsp3) is 0.650. The molecule has 1 heterocycles. The lowest BCUT2D eigenvalue weighted by atomic mass is 9.86. The highest BCUT2D eigenvalue weighted by atomic mass is 32.2. The summed E-state index contributed by atoms with van der Waals surface area (Å²) in [6.45, 7) is 5.44. The van der Waals surface area contributed by atoms with Crippen LogP contribution >= 0.6 is 0 Å². The summed E-state index contributed by atoms with van der Waals surface area (Å²) < 4.78 is 27.4. The van der Waals surface area contributed by atoms with Crippen LogP contribution < -0.4 is 5.32 Å². The summed E-state index contributed by atoms with van der Waals surface area (Å²) in [7, 11) is -3.83. The van der Waals surface area contributed by atoms with Gasteiger partial charge in [-0.05, 0) is 31.2 Å². The van der Waals surface area contributed by atoms with Crippen molar-refractivity contribution < 1.29 is 18.1 Å². The molecule has 1 saturated carbocycles. The molecule has 166 valence electrons. The first kappa shape index (κ1) is 22.6. The Bertz CT molecular complexity index is 896. The van der Waals surface area contributed by atoms with E-state index in [-0.39, 0.29) is 42.2 Å². The monoisotopic (exact) mass is 438 g/mol. The van der Waals surface area contributed by atoms with Gasteiger partial charge in [0.15, 0.2) is 0 Å². The number of amides is 1. The van der Waals surface area contributed by atoms with Crippen molar-refractivity contribution in [2.75, 3.05) is 32.7 Å². The quantitative estimate of drug-likeness (QED) is 0.536. The van der Waals surface area contributed by atoms with Crippen LogP contribution in [0.2, 0.25) is 0 Å². The van der Waals surface area contributed by atoms with Gasteiger partial charge in [0.05, 0.1) is 16.4 Å². The summed E-state index contributed by atoms with van der Waals surface area (Å²) in [5.41, 5.74) is 0.232. The molecule has 10 heteroatoms. The average Bonchev–Trinajstić information content (AvgIpc) is 2.70. The van der Waals surface area contributed by atoms with Crippen molar-refractivity contribution in [3.05, 3.63) is 33.9 Å². The van der Waals surface area contributed by atoms with Crippen LogP contribution in [0.5, 0.6) is 0 Å². The third kappa shape index (κ3) is 5.16. The van der Waals surface area contributed by atoms with Crippen molar-refractivity contribution in [3.8, 4) is 0 Å². The van der Waals surface area contributed by atoms with Crippen molar-refractivity contribution >= 4 is 21.6 Å². The van der Waals surface area contributed by atoms with E-state index in [1.54, 1.807) is 6.92 Å². The van der Waals surface area contributed by atoms with Gasteiger partial charge in [-0.1, -0.05) is 25.8 Å². The maximum Gasteiger partial charge on any atom is 0.270 e. The molecule has 30 heavy (non-hydrogen) atoms. The fourth-order valence-corrected chi connectivity index (χ4v) is 5.90. The number of nitrogens with one attached hydrogen (secondary N) is 1. The zero-order valence-electron chi connectivity index (χ0n) is 17.5. The van der Waals surface area contributed by atoms with Gasteiger partial charge in [-0.25, -0.2) is 8.42 Å². The Balaban J connectivity index is 1.58. The predicted molar refractivity (Wildman–Crippen MR) is 113 cm³/mol. The molecule has 1 aliphatic carbocycles. The van der Waals surface area contributed by atoms with E-state index < -0.39 is 14.9 Å². The van der Waals surface area contributed by atoms with E-state index in [1.165, 1.54) is 22.9 Å². The number of nitro groups is 1. The SMILES string of the molecule is Cc1ccc([N+](=O)[O-])cc1S(=O)(=O)N1CCN(CC(=O)NC2CCCCC2C)CC1. The summed E-state index contributed by atoms with van der Waals surface area (Å²) >= 11 is 0. The van der Waals surface area contributed by atoms with E-state index in [9.17, 15) is 23.3 Å². The summed E-state index contributed by atoms with van der Waals surface area (Å²) in [5.74, 6) is 0.474. The molecule has 2 atom stereocenters. The number of piperazine rings is 1. The fourth-order valence-electron chi connectivity index (χ4n) is 4.23. The Hall–Kier alpha value is -2.04. The van der Waals surface area contributed by atoms with Gasteiger partial charge in [0.25, 0.3) is 5.69 Å². The van der Waals surface area contributed by atoms with E-state index in [2.05, 4.69) is 12.2 Å². The number of nitro benzene ring substituents is 1. The molecule has 3 rings (SSSR count). The van der Waals surface area contributed by atoms with Crippen LogP contribution in [0.3, 0.4) is 0 Å². The first-order chi connectivity index (χ1) is 14.2. The number of aryl methyl sites for hydroxylation is 1. The third-order valence-corrected chi connectivity index (χ3v) is 8.20. The normalized spacial score (nSPS) is 23.8. The molecular formula is C20H30N4O5S. The minimum atomic E-state index is -3.83. The van der Waals surface area contributed by atoms with Gasteiger partial charge in [-0.15, -0.1) is 0 Å². The molecule has 0 bridgehead atoms. The van der Waals surface area contributed by atoms with Crippen molar-refractivity contribution in [1.29, 1.82) is 0 Å². The van der Waals surface area contributed by atoms with Gasteiger partial charge < -0.3 is 5.32 Å². The molecule has 9 nitrogen and oxygen atoms in total. The lowest BCUT2D eigenvalue weighted by molar-refractivity contribution is -0.385. The van der Waals surface area contributed by atoms with E-state index in [0.29, 0.717) is 24.6 Å². The highest BCUT2D eigenvalue weighted by molar-refractivity contribution is 7.89. The first-order valence-electron chi connectivity index (χ1n) is 10.5. The Morgan fingerprint density at radius 3 is 2.50 bits per heavy atom. The molecule has 2 unspecified atom stereocenters. The zero-order chi connectivity index (χ0) is 21.9. The molecule has 2 aliphatic rings. The van der Waals surface area contributed by atoms with Crippen LogP contribution in [0.1, 0.15) is 38.2 Å². The van der Waals surface area contributed by atoms with Crippen LogP contribution in [0.4, 0.5) is 5.69 Å². The standard InChI is InChI=1S/C20H30N4O5S/c1-15-5-3-4-6-18(15)21-20(25)14-22-9-11-23(12-10-22)30(28,29)19-13-17(24(26)27)8-7-16(19)2/h7-8,13,15,18H,3-6,9-12,14H2,1-2H3,(H,21,25). The van der Waals surface area contributed by atoms with E-state index in [4.69, 9.17) is 0 Å². The molecule has 1 N–H and O–H groups in total. The second-order valence-corrected chi connectivity index (χ2v) is 10.2. The van der Waals surface area contributed by atoms with E-state index in [1.807, 2.05) is 4.90 Å². The van der Waals surface area contributed by atoms with Crippen LogP contribution in [0.25, 0.3) is 0 Å². The van der Waals surface area contributed by atoms with Crippen LogP contribution in [0.15, 0.2) is 23.1 Å². The number of sulfonamides is 1. The molecule has 1 aromatic rings. The molecule has 1 amide bonds. The molecular weight excluding hydrogens is 408 g/mol. The minimum absolute atomic E-state index is 0.0143. The van der Waals surface area contributed by atoms with Gasteiger partial charge in [-0.2, -0.15) is 4.31 Å². The number of hydrogen-bond donors (Lipinski definition) is 1. The average molecular weight is 439 g/mol. The Morgan fingerprint density at radius 2 is 1.87 bits per heavy atom. The Morgan fingerprint density at radius 1 is 1.20 bits per heavy atom. The highest BCUT2D eigenvalue weighted by Gasteiger charge is 2.31. The maximum atomic E-state index is 13.0. The van der Waals surface area contributed by atoms with Crippen LogP contribution in [-0.4, -0.2) is 67.2 Å². The van der Waals surface area contributed by atoms with Gasteiger partial charge >= 0.3 is 0 Å². The number of benzene rings is 1. The molecule has 1 aliphatic heterocycles. The number of carbonyl (C=O) groups is 1. The van der Waals surface area contributed by atoms with Crippen LogP contribution in [-0.2, 0) is 14.8 Å². The smallest absolute Gasteiger partial charge is 0.270 e. The summed E-state index contributed by atoms with van der Waals surface area (Å²) in [5, 5.41) is 14.2. The summed E-state index contributed by atoms with van der Waals surface area (Å²) in [4.78, 5) is 24.8. The number of carbonyl (C=O) groups excluding carboxylic acids is 1. The number of hydrogen-bond acceptors (Lipinski definition) is 6. The lowest BCUT2D eigenvalue weighted by Crippen LogP contribution is -2.52. The molecule has 1 saturated heterocycles. The molecule has 0 spiro atoms. The predicted octanol–water partition coefficient (Wildman–Crippen LogP) is 1.90. The van der Waals surface area contributed by atoms with Crippen LogP contribution in [0, 0.1) is 23.0 Å². The van der Waals surface area contributed by atoms with Crippen molar-refractivity contribution in [3.63, 3.8) is 0 Å². The molecule has 0 aromatic heterocycles. The minimum Gasteiger partial charge on any atom is -0.352 e. The van der Waals surface area contributed by atoms with Gasteiger partial charge in [0.2, 0.25) is 15.9 Å². The summed E-state index contributed by atoms with van der Waals surface area (Å²) in [6, 6.07) is 4.11. The van der Waals surface area contributed by atoms with E-state index in [0.717, 1.165) is 25.3 Å². The second-order valence-electron chi connectivity index (χ2n) is 8.32. The van der Waals surface area contributed by atoms with Crippen molar-refractivity contribution in [2.45, 2.75) is 50.5 Å². The van der Waals surface area contributed by atoms with Crippen molar-refractivity contribution in [1.82, 2.24) is 14.5 Å². The topological polar surface area (TPSA) is 113 Å². The van der Waals surface area contributed by atoms with Gasteiger partial charge in [0, 0.05) is 44.4 Å². The lowest BCUT2D eigenvalue weighted by Gasteiger charge is -2.35. The van der Waals surface area contributed by atoms with Crippen molar-refractivity contribution in [2.24, 2.45) is 5.92 Å². The first-order valence-corrected chi connectivity index (χ1v) is 11.9. The molecule has 2 fully saturated rings. The molecule has 0 radical (unpaired) electrons. The number of non-ortho nitro benzene ring substituents is 1. The zero-order valence-corrected chi connectivity index (χ0v) is 18.4. The number of rotatable bonds is 6. The second kappa shape index (κ2) is 9.40. The number of nitrogens with zero attached hydrogens (tertiary/aromatic N) is 3. The maximum absolute atomic E-state index is 13.0. The Labute approximate surface area is 177 Å². The van der Waals surface area contributed by atoms with Gasteiger partial charge in [-0.3, -0.25) is 19.8 Å². The third-order valence-electron chi connectivity index (χ3n) is 6.16. The highest BCUT2D eigenvalue weighted by Crippen LogP contribution is 2.26. The van der Waals surface area contributed by atoms with E-state index >= 15 is 0 Å². The summed E-state index contributed by atoms with van der Waals surface area (Å²) in [6.07, 6.45) is 4.51. The molecule has 1 aromatic carbocycles. The van der Waals surface area contributed by atoms with Gasteiger partial charge in [0.1, 0.15) is 0 Å². The largest absolute Gasteiger partial charge is 0.352 e. The Kier molecular flexibility index (Phi) is 7.10.